The number of fused-ring (bicyclic) bond motifs is 1. The van der Waals surface area contributed by atoms with Crippen molar-refractivity contribution in [3.63, 3.8) is 0 Å². The number of nitrogens with one attached hydrogen (secondary N) is 1. The number of sulfonamides is 1. The maximum atomic E-state index is 13.0. The van der Waals surface area contributed by atoms with Crippen molar-refractivity contribution < 1.29 is 31.5 Å². The second kappa shape index (κ2) is 7.45. The molecule has 2 aliphatic rings. The largest absolute Gasteiger partial charge is 0.478 e. The van der Waals surface area contributed by atoms with E-state index in [9.17, 15) is 26.4 Å². The lowest BCUT2D eigenvalue weighted by Gasteiger charge is -2.15. The van der Waals surface area contributed by atoms with Crippen molar-refractivity contribution in [3.05, 3.63) is 52.4 Å². The number of aromatic carboxylic acids is 1. The SMILES string of the molecule is CC(C)S(=O)(=O)NC1C=C2CC=C(Cn3cc(C(=O)O)c(C(F)(F)F)n3)C=C2C1. The Morgan fingerprint density at radius 3 is 2.62 bits per heavy atom. The Labute approximate surface area is 165 Å². The first-order valence-corrected chi connectivity index (χ1v) is 10.4. The summed E-state index contributed by atoms with van der Waals surface area (Å²) in [6.07, 6.45) is 2.41. The molecular weight excluding hydrogens is 411 g/mol. The molecule has 0 spiro atoms. The van der Waals surface area contributed by atoms with Crippen molar-refractivity contribution >= 4 is 16.0 Å². The molecule has 3 rings (SSSR count). The highest BCUT2D eigenvalue weighted by Crippen LogP contribution is 2.34. The van der Waals surface area contributed by atoms with Crippen LogP contribution in [0.25, 0.3) is 0 Å². The zero-order valence-corrected chi connectivity index (χ0v) is 16.5. The fourth-order valence-electron chi connectivity index (χ4n) is 3.24. The van der Waals surface area contributed by atoms with Crippen LogP contribution in [0, 0.1) is 0 Å². The lowest BCUT2D eigenvalue weighted by atomic mass is 9.96. The molecule has 0 fully saturated rings. The molecule has 0 aromatic carbocycles. The summed E-state index contributed by atoms with van der Waals surface area (Å²) in [6, 6.07) is -0.364. The highest BCUT2D eigenvalue weighted by atomic mass is 32.2. The number of alkyl halides is 3. The molecule has 0 radical (unpaired) electrons. The molecule has 0 saturated carbocycles. The normalized spacial score (nSPS) is 19.7. The Morgan fingerprint density at radius 1 is 1.38 bits per heavy atom. The van der Waals surface area contributed by atoms with E-state index in [2.05, 4.69) is 9.82 Å². The second-order valence-corrected chi connectivity index (χ2v) is 9.53. The van der Waals surface area contributed by atoms with Gasteiger partial charge in [-0.25, -0.2) is 17.9 Å². The number of halogens is 3. The summed E-state index contributed by atoms with van der Waals surface area (Å²) in [7, 11) is -3.43. The van der Waals surface area contributed by atoms with E-state index in [1.54, 1.807) is 19.9 Å². The maximum Gasteiger partial charge on any atom is 0.436 e. The molecule has 1 aromatic rings. The molecule has 1 heterocycles. The van der Waals surface area contributed by atoms with Gasteiger partial charge < -0.3 is 5.11 Å². The summed E-state index contributed by atoms with van der Waals surface area (Å²) >= 11 is 0. The van der Waals surface area contributed by atoms with Gasteiger partial charge in [0.1, 0.15) is 5.56 Å². The Morgan fingerprint density at radius 2 is 2.07 bits per heavy atom. The van der Waals surface area contributed by atoms with Crippen LogP contribution in [0.3, 0.4) is 0 Å². The molecule has 1 unspecified atom stereocenters. The summed E-state index contributed by atoms with van der Waals surface area (Å²) < 4.78 is 66.6. The number of carboxylic acid groups (broad SMARTS) is 1. The standard InChI is InChI=1S/C18H20F3N3O4S/c1-10(2)29(27,28)23-14-6-12-4-3-11(5-13(12)7-14)8-24-9-15(17(25)26)16(22-24)18(19,20)21/h3,5-6,9-10,14,23H,4,7-8H2,1-2H3,(H,25,26). The molecule has 2 N–H and O–H groups in total. The van der Waals surface area contributed by atoms with Crippen molar-refractivity contribution in [2.45, 2.75) is 50.7 Å². The van der Waals surface area contributed by atoms with Crippen LogP contribution in [-0.2, 0) is 22.7 Å². The Kier molecular flexibility index (Phi) is 5.48. The van der Waals surface area contributed by atoms with E-state index in [1.807, 2.05) is 12.2 Å². The van der Waals surface area contributed by atoms with Gasteiger partial charge in [-0.05, 0) is 43.4 Å². The van der Waals surface area contributed by atoms with Gasteiger partial charge in [-0.1, -0.05) is 18.2 Å². The third kappa shape index (κ3) is 4.61. The van der Waals surface area contributed by atoms with Gasteiger partial charge in [0.25, 0.3) is 0 Å². The molecule has 0 bridgehead atoms. The van der Waals surface area contributed by atoms with Gasteiger partial charge in [-0.3, -0.25) is 4.68 Å². The molecular formula is C18H20F3N3O4S. The van der Waals surface area contributed by atoms with Crippen LogP contribution in [0.1, 0.15) is 42.7 Å². The maximum absolute atomic E-state index is 13.0. The van der Waals surface area contributed by atoms with Crippen LogP contribution < -0.4 is 4.72 Å². The van der Waals surface area contributed by atoms with E-state index < -0.39 is 38.7 Å². The summed E-state index contributed by atoms with van der Waals surface area (Å²) in [5.41, 5.74) is 0.219. The summed E-state index contributed by atoms with van der Waals surface area (Å²) in [6.45, 7) is 3.15. The lowest BCUT2D eigenvalue weighted by Crippen LogP contribution is -2.37. The quantitative estimate of drug-likeness (QED) is 0.721. The predicted molar refractivity (Wildman–Crippen MR) is 98.7 cm³/mol. The minimum absolute atomic E-state index is 0.0183. The number of hydrogen-bond donors (Lipinski definition) is 2. The average Bonchev–Trinajstić information content (AvgIpc) is 3.17. The van der Waals surface area contributed by atoms with Crippen LogP contribution >= 0.6 is 0 Å². The summed E-state index contributed by atoms with van der Waals surface area (Å²) in [5.74, 6) is -1.69. The summed E-state index contributed by atoms with van der Waals surface area (Å²) in [4.78, 5) is 11.1. The highest BCUT2D eigenvalue weighted by molar-refractivity contribution is 7.90. The minimum atomic E-state index is -4.86. The van der Waals surface area contributed by atoms with Gasteiger partial charge in [0.15, 0.2) is 5.69 Å². The second-order valence-electron chi connectivity index (χ2n) is 7.26. The van der Waals surface area contributed by atoms with Gasteiger partial charge in [0, 0.05) is 12.2 Å². The zero-order valence-electron chi connectivity index (χ0n) is 15.7. The van der Waals surface area contributed by atoms with Gasteiger partial charge >= 0.3 is 12.1 Å². The van der Waals surface area contributed by atoms with Crippen LogP contribution in [0.4, 0.5) is 13.2 Å². The Hall–Kier alpha value is -2.40. The molecule has 158 valence electrons. The fourth-order valence-corrected chi connectivity index (χ4v) is 4.09. The molecule has 0 saturated heterocycles. The Bertz CT molecular complexity index is 1030. The minimum Gasteiger partial charge on any atom is -0.478 e. The third-order valence-corrected chi connectivity index (χ3v) is 6.61. The number of carboxylic acids is 1. The van der Waals surface area contributed by atoms with Crippen molar-refractivity contribution in [1.29, 1.82) is 0 Å². The van der Waals surface area contributed by atoms with Crippen molar-refractivity contribution in [3.8, 4) is 0 Å². The van der Waals surface area contributed by atoms with Gasteiger partial charge in [0.05, 0.1) is 11.8 Å². The topological polar surface area (TPSA) is 101 Å². The number of allylic oxidation sites excluding steroid dienone is 4. The summed E-state index contributed by atoms with van der Waals surface area (Å²) in [5, 5.41) is 11.8. The van der Waals surface area contributed by atoms with Crippen LogP contribution in [0.15, 0.2) is 41.1 Å². The van der Waals surface area contributed by atoms with Crippen molar-refractivity contribution in [1.82, 2.24) is 14.5 Å². The number of nitrogens with zero attached hydrogens (tertiary/aromatic N) is 2. The van der Waals surface area contributed by atoms with Crippen LogP contribution in [0.5, 0.6) is 0 Å². The smallest absolute Gasteiger partial charge is 0.436 e. The molecule has 2 aliphatic carbocycles. The van der Waals surface area contributed by atoms with Gasteiger partial charge in [-0.2, -0.15) is 18.3 Å². The predicted octanol–water partition coefficient (Wildman–Crippen LogP) is 2.88. The van der Waals surface area contributed by atoms with E-state index in [1.165, 1.54) is 0 Å². The molecule has 7 nitrogen and oxygen atoms in total. The number of carbonyl (C=O) groups is 1. The van der Waals surface area contributed by atoms with Crippen molar-refractivity contribution in [2.24, 2.45) is 0 Å². The molecule has 29 heavy (non-hydrogen) atoms. The number of rotatable bonds is 6. The molecule has 1 aromatic heterocycles. The Balaban J connectivity index is 1.75. The first-order valence-electron chi connectivity index (χ1n) is 8.86. The lowest BCUT2D eigenvalue weighted by molar-refractivity contribution is -0.142. The van der Waals surface area contributed by atoms with E-state index >= 15 is 0 Å². The van der Waals surface area contributed by atoms with Gasteiger partial charge in [0.2, 0.25) is 10.0 Å². The highest BCUT2D eigenvalue weighted by Gasteiger charge is 2.39. The monoisotopic (exact) mass is 431 g/mol. The fraction of sp³-hybridized carbons (Fsp3) is 0.444. The average molecular weight is 431 g/mol. The van der Waals surface area contributed by atoms with E-state index in [0.29, 0.717) is 18.4 Å². The van der Waals surface area contributed by atoms with Crippen LogP contribution in [0.2, 0.25) is 0 Å². The van der Waals surface area contributed by atoms with E-state index in [-0.39, 0.29) is 12.6 Å². The molecule has 1 atom stereocenters. The van der Waals surface area contributed by atoms with Crippen molar-refractivity contribution in [2.75, 3.05) is 0 Å². The van der Waals surface area contributed by atoms with Gasteiger partial charge in [-0.15, -0.1) is 0 Å². The first-order chi connectivity index (χ1) is 13.4. The third-order valence-electron chi connectivity index (χ3n) is 4.74. The molecule has 11 heteroatoms. The number of hydrogen-bond acceptors (Lipinski definition) is 4. The zero-order chi connectivity index (χ0) is 21.6. The van der Waals surface area contributed by atoms with Crippen LogP contribution in [-0.4, -0.2) is 40.6 Å². The van der Waals surface area contributed by atoms with E-state index in [4.69, 9.17) is 5.11 Å². The molecule has 0 amide bonds. The molecule has 0 aliphatic heterocycles. The van der Waals surface area contributed by atoms with E-state index in [0.717, 1.165) is 22.0 Å². The number of aromatic nitrogens is 2. The first kappa shape index (κ1) is 21.3.